The van der Waals surface area contributed by atoms with Crippen LogP contribution < -0.4 is 0 Å². The maximum absolute atomic E-state index is 13.2. The number of esters is 1. The van der Waals surface area contributed by atoms with Crippen LogP contribution in [-0.4, -0.2) is 34.6 Å². The van der Waals surface area contributed by atoms with Crippen LogP contribution in [0.15, 0.2) is 42.6 Å². The molecule has 5 heteroatoms. The summed E-state index contributed by atoms with van der Waals surface area (Å²) >= 11 is 0. The number of halogens is 1. The van der Waals surface area contributed by atoms with E-state index in [4.69, 9.17) is 4.74 Å². The van der Waals surface area contributed by atoms with Crippen LogP contribution in [0, 0.1) is 11.7 Å². The summed E-state index contributed by atoms with van der Waals surface area (Å²) in [7, 11) is 0. The Morgan fingerprint density at radius 2 is 1.93 bits per heavy atom. The molecule has 0 bridgehead atoms. The lowest BCUT2D eigenvalue weighted by Gasteiger charge is -2.33. The summed E-state index contributed by atoms with van der Waals surface area (Å²) in [6.45, 7) is 6.51. The number of aromatic nitrogens is 1. The van der Waals surface area contributed by atoms with Gasteiger partial charge in [-0.05, 0) is 62.4 Å². The Morgan fingerprint density at radius 3 is 2.62 bits per heavy atom. The molecule has 1 aliphatic carbocycles. The van der Waals surface area contributed by atoms with Crippen molar-refractivity contribution in [1.82, 2.24) is 9.47 Å². The number of carbonyl (C=O) groups excluding carboxylic acids is 1. The molecule has 0 aliphatic heterocycles. The van der Waals surface area contributed by atoms with Crippen LogP contribution in [0.5, 0.6) is 0 Å². The summed E-state index contributed by atoms with van der Waals surface area (Å²) in [6.07, 6.45) is 8.42. The fraction of sp³-hybridized carbons (Fsp3) is 0.542. The third-order valence-electron chi connectivity index (χ3n) is 5.95. The number of hydrogen-bond donors (Lipinski definition) is 0. The molecule has 0 saturated heterocycles. The predicted octanol–water partition coefficient (Wildman–Crippen LogP) is 5.01. The number of rotatable bonds is 9. The van der Waals surface area contributed by atoms with Crippen LogP contribution in [0.2, 0.25) is 0 Å². The first kappa shape index (κ1) is 21.6. The maximum Gasteiger partial charge on any atom is 0.323 e. The molecule has 1 heterocycles. The van der Waals surface area contributed by atoms with Crippen LogP contribution in [-0.2, 0) is 22.6 Å². The Balaban J connectivity index is 1.73. The maximum atomic E-state index is 13.2. The standard InChI is InChI=1S/C24H33FN2O2/c1-3-29-24(28)19(2)27(17-20-8-5-4-6-9-20)18-23-10-7-15-26(23)16-21-11-13-22(25)14-12-21/h7,10-15,19-20H,3-6,8-9,16-18H2,1-2H3/t19-/m0/s1. The minimum atomic E-state index is -0.272. The normalized spacial score (nSPS) is 16.1. The molecule has 1 fully saturated rings. The molecule has 1 aliphatic rings. The molecule has 0 N–H and O–H groups in total. The van der Waals surface area contributed by atoms with E-state index in [-0.39, 0.29) is 17.8 Å². The van der Waals surface area contributed by atoms with E-state index in [2.05, 4.69) is 15.5 Å². The molecule has 3 rings (SSSR count). The van der Waals surface area contributed by atoms with E-state index in [1.54, 1.807) is 0 Å². The second kappa shape index (κ2) is 10.6. The smallest absolute Gasteiger partial charge is 0.323 e. The van der Waals surface area contributed by atoms with Gasteiger partial charge in [0.25, 0.3) is 0 Å². The molecule has 29 heavy (non-hydrogen) atoms. The van der Waals surface area contributed by atoms with Crippen molar-refractivity contribution in [3.05, 3.63) is 59.7 Å². The first-order valence-corrected chi connectivity index (χ1v) is 10.9. The van der Waals surface area contributed by atoms with E-state index < -0.39 is 0 Å². The molecule has 2 aromatic rings. The highest BCUT2D eigenvalue weighted by Gasteiger charge is 2.27. The third-order valence-corrected chi connectivity index (χ3v) is 5.95. The van der Waals surface area contributed by atoms with Crippen LogP contribution in [0.25, 0.3) is 0 Å². The zero-order valence-electron chi connectivity index (χ0n) is 17.6. The number of carbonyl (C=O) groups is 1. The van der Waals surface area contributed by atoms with Crippen LogP contribution in [0.4, 0.5) is 4.39 Å². The van der Waals surface area contributed by atoms with E-state index in [1.807, 2.05) is 38.2 Å². The second-order valence-corrected chi connectivity index (χ2v) is 8.12. The molecule has 1 aromatic heterocycles. The lowest BCUT2D eigenvalue weighted by molar-refractivity contribution is -0.149. The van der Waals surface area contributed by atoms with Crippen molar-refractivity contribution in [2.24, 2.45) is 5.92 Å². The average Bonchev–Trinajstić information content (AvgIpc) is 3.16. The van der Waals surface area contributed by atoms with Gasteiger partial charge in [0.1, 0.15) is 11.9 Å². The molecule has 0 spiro atoms. The van der Waals surface area contributed by atoms with Gasteiger partial charge in [-0.2, -0.15) is 0 Å². The number of nitrogens with zero attached hydrogens (tertiary/aromatic N) is 2. The summed E-state index contributed by atoms with van der Waals surface area (Å²) in [6, 6.07) is 10.5. The predicted molar refractivity (Wildman–Crippen MR) is 113 cm³/mol. The summed E-state index contributed by atoms with van der Waals surface area (Å²) in [5.74, 6) is 0.268. The second-order valence-electron chi connectivity index (χ2n) is 8.12. The van der Waals surface area contributed by atoms with Gasteiger partial charge in [-0.1, -0.05) is 31.4 Å². The molecule has 1 aromatic carbocycles. The highest BCUT2D eigenvalue weighted by Crippen LogP contribution is 2.26. The molecule has 0 amide bonds. The average molecular weight is 401 g/mol. The molecule has 0 unspecified atom stereocenters. The van der Waals surface area contributed by atoms with Crippen molar-refractivity contribution in [2.45, 2.75) is 65.1 Å². The van der Waals surface area contributed by atoms with Crippen molar-refractivity contribution in [1.29, 1.82) is 0 Å². The van der Waals surface area contributed by atoms with Gasteiger partial charge in [0.15, 0.2) is 0 Å². The summed E-state index contributed by atoms with van der Waals surface area (Å²) in [5, 5.41) is 0. The van der Waals surface area contributed by atoms with E-state index in [0.29, 0.717) is 25.6 Å². The first-order valence-electron chi connectivity index (χ1n) is 10.9. The fourth-order valence-corrected chi connectivity index (χ4v) is 4.21. The monoisotopic (exact) mass is 400 g/mol. The van der Waals surface area contributed by atoms with E-state index in [1.165, 1.54) is 44.2 Å². The van der Waals surface area contributed by atoms with Crippen LogP contribution >= 0.6 is 0 Å². The number of ether oxygens (including phenoxy) is 1. The Labute approximate surface area is 173 Å². The van der Waals surface area contributed by atoms with Crippen molar-refractivity contribution in [2.75, 3.05) is 13.2 Å². The third kappa shape index (κ3) is 6.17. The van der Waals surface area contributed by atoms with Gasteiger partial charge in [0.2, 0.25) is 0 Å². The quantitative estimate of drug-likeness (QED) is 0.555. The Morgan fingerprint density at radius 1 is 1.21 bits per heavy atom. The lowest BCUT2D eigenvalue weighted by atomic mass is 9.88. The van der Waals surface area contributed by atoms with Crippen LogP contribution in [0.1, 0.15) is 57.2 Å². The van der Waals surface area contributed by atoms with Gasteiger partial charge in [-0.15, -0.1) is 0 Å². The largest absolute Gasteiger partial charge is 0.465 e. The van der Waals surface area contributed by atoms with Crippen molar-refractivity contribution < 1.29 is 13.9 Å². The highest BCUT2D eigenvalue weighted by molar-refractivity contribution is 5.75. The molecular weight excluding hydrogens is 367 g/mol. The van der Waals surface area contributed by atoms with E-state index in [9.17, 15) is 9.18 Å². The summed E-state index contributed by atoms with van der Waals surface area (Å²) < 4.78 is 20.7. The van der Waals surface area contributed by atoms with Crippen molar-refractivity contribution in [3.63, 3.8) is 0 Å². The molecule has 1 saturated carbocycles. The molecule has 4 nitrogen and oxygen atoms in total. The lowest BCUT2D eigenvalue weighted by Crippen LogP contribution is -2.43. The molecule has 158 valence electrons. The zero-order chi connectivity index (χ0) is 20.6. The van der Waals surface area contributed by atoms with Gasteiger partial charge in [-0.3, -0.25) is 9.69 Å². The SMILES string of the molecule is CCOC(=O)[C@H](C)N(Cc1cccn1Cc1ccc(F)cc1)CC1CCCCC1. The number of benzene rings is 1. The molecular formula is C24H33FN2O2. The fourth-order valence-electron chi connectivity index (χ4n) is 4.21. The van der Waals surface area contributed by atoms with E-state index >= 15 is 0 Å². The van der Waals surface area contributed by atoms with Crippen molar-refractivity contribution >= 4 is 5.97 Å². The summed E-state index contributed by atoms with van der Waals surface area (Å²) in [4.78, 5) is 14.7. The minimum absolute atomic E-state index is 0.153. The Kier molecular flexibility index (Phi) is 7.87. The first-order chi connectivity index (χ1) is 14.1. The minimum Gasteiger partial charge on any atom is -0.465 e. The van der Waals surface area contributed by atoms with Crippen molar-refractivity contribution in [3.8, 4) is 0 Å². The summed E-state index contributed by atoms with van der Waals surface area (Å²) in [5.41, 5.74) is 2.21. The van der Waals surface area contributed by atoms with E-state index in [0.717, 1.165) is 17.8 Å². The molecule has 1 atom stereocenters. The van der Waals surface area contributed by atoms with Gasteiger partial charge in [0, 0.05) is 31.5 Å². The Bertz CT molecular complexity index is 765. The van der Waals surface area contributed by atoms with Gasteiger partial charge < -0.3 is 9.30 Å². The number of hydrogen-bond acceptors (Lipinski definition) is 3. The van der Waals surface area contributed by atoms with Gasteiger partial charge in [-0.25, -0.2) is 4.39 Å². The molecule has 0 radical (unpaired) electrons. The topological polar surface area (TPSA) is 34.5 Å². The highest BCUT2D eigenvalue weighted by atomic mass is 19.1. The zero-order valence-corrected chi connectivity index (χ0v) is 17.6. The van der Waals surface area contributed by atoms with Gasteiger partial charge >= 0.3 is 5.97 Å². The Hall–Kier alpha value is -2.14. The van der Waals surface area contributed by atoms with Crippen LogP contribution in [0.3, 0.4) is 0 Å². The van der Waals surface area contributed by atoms with Gasteiger partial charge in [0.05, 0.1) is 6.61 Å².